The molecule has 2 aliphatic rings. The van der Waals surface area contributed by atoms with Gasteiger partial charge in [-0.3, -0.25) is 33.6 Å². The van der Waals surface area contributed by atoms with Gasteiger partial charge < -0.3 is 111 Å². The molecule has 2 aliphatic heterocycles. The van der Waals surface area contributed by atoms with E-state index in [1.165, 1.54) is 70.2 Å². The van der Waals surface area contributed by atoms with Crippen molar-refractivity contribution in [2.75, 3.05) is 74.0 Å². The number of ether oxygens (including phenoxy) is 5. The van der Waals surface area contributed by atoms with E-state index in [4.69, 9.17) is 23.7 Å². The maximum atomic E-state index is 13.9. The van der Waals surface area contributed by atoms with E-state index in [0.29, 0.717) is 66.6 Å². The molecule has 5 amide bonds. The van der Waals surface area contributed by atoms with E-state index < -0.39 is 140 Å². The maximum absolute atomic E-state index is 13.9. The van der Waals surface area contributed by atoms with Crippen LogP contribution in [0.15, 0.2) is 127 Å². The zero-order valence-corrected chi connectivity index (χ0v) is 73.1. The summed E-state index contributed by atoms with van der Waals surface area (Å²) in [7, 11) is 2.76. The second-order valence-corrected chi connectivity index (χ2v) is 31.1. The Balaban J connectivity index is 0.00000827. The van der Waals surface area contributed by atoms with Gasteiger partial charge in [0.1, 0.15) is 41.9 Å². The Labute approximate surface area is 739 Å². The number of carboxylic acids is 2. The molecule has 2 fully saturated rings. The average molecular weight is 1670 g/mol. The normalized spacial score (nSPS) is 20.0. The Hall–Kier alpha value is -4.84. The molecular weight excluding hydrogens is 1580 g/mol. The minimum absolute atomic E-state index is 0. The first kappa shape index (κ1) is 102. The van der Waals surface area contributed by atoms with E-state index in [1.807, 2.05) is 60.7 Å². The van der Waals surface area contributed by atoms with Gasteiger partial charge in [0.15, 0.2) is 5.78 Å². The maximum Gasteiger partial charge on any atom is 1.00 e. The Morgan fingerprint density at radius 1 is 0.531 bits per heavy atom. The van der Waals surface area contributed by atoms with Crippen LogP contribution in [0.4, 0.5) is 0 Å². The molecule has 5 aromatic rings. The fourth-order valence-electron chi connectivity index (χ4n) is 11.9. The summed E-state index contributed by atoms with van der Waals surface area (Å²) in [5, 5.41) is 104. The summed E-state index contributed by atoms with van der Waals surface area (Å²) >= 11 is 2.86. The van der Waals surface area contributed by atoms with Crippen molar-refractivity contribution in [3.63, 3.8) is 0 Å². The first-order valence-corrected chi connectivity index (χ1v) is 40.6. The molecule has 600 valence electrons. The Morgan fingerprint density at radius 3 is 1.51 bits per heavy atom. The number of aliphatic hydroxyl groups is 6. The predicted molar refractivity (Wildman–Crippen MR) is 408 cm³/mol. The molecule has 0 spiro atoms. The fourth-order valence-corrected chi connectivity index (χ4v) is 15.6. The third kappa shape index (κ3) is 33.5. The number of amides is 5. The molecule has 12 atom stereocenters. The van der Waals surface area contributed by atoms with Crippen molar-refractivity contribution >= 4 is 104 Å². The second kappa shape index (κ2) is 53.6. The van der Waals surface area contributed by atoms with Gasteiger partial charge in [0.2, 0.25) is 17.6 Å². The minimum Gasteiger partial charge on any atom is -0.870 e. The largest absolute Gasteiger partial charge is 1.00 e. The van der Waals surface area contributed by atoms with Crippen LogP contribution in [0.1, 0.15) is 126 Å². The average Bonchev–Trinajstić information content (AvgIpc) is 0.767. The topological polar surface area (TPSA) is 474 Å². The summed E-state index contributed by atoms with van der Waals surface area (Å²) < 4.78 is 29.5. The number of rotatable bonds is 48. The molecule has 0 radical (unpaired) electrons. The number of hydrogen-bond donors (Lipinski definition) is 11. The molecule has 113 heavy (non-hydrogen) atoms. The van der Waals surface area contributed by atoms with Crippen molar-refractivity contribution in [1.29, 1.82) is 0 Å². The van der Waals surface area contributed by atoms with Crippen LogP contribution in [0.2, 0.25) is 0 Å². The van der Waals surface area contributed by atoms with Gasteiger partial charge in [-0.25, -0.2) is 6.29 Å². The molecule has 0 saturated carbocycles. The van der Waals surface area contributed by atoms with Crippen molar-refractivity contribution in [2.24, 2.45) is 0 Å². The molecule has 0 aromatic heterocycles. The standard InChI is InChI=1S/C77H96N5O23S4.3Na.H2O/c1-48(84)81-66-60(88)43-76(47-83,104-70(66)68(94)62(90)45-79-72(96)54-24-20-52(21-25-54)50-14-5-3-6-15-50)102-34-12-38-107-41-32-78-74(98)56-28-29-58(64(42-56)101-33-10-9-18-57(86)30-39-108-109-40-31-65(92)93)59(87)19-11-36-106-37-13-35-103-77(75(99)100)44-61(89)67(82-49(2)85)71(105-77)69(95)63(91)46-80-73(97)55-26-22-53(23-27-55)51-16-7-4-8-17-51;;;;/h3-8,14-17,20-29,42,60-63,66-71,88-91,94-95H,9-13,18-19,30-41,43-46H2,1-2H3,(H,78,98)(H,79,96)(H,80,97)(H,81,84)(H,82,85)(H,92,93)(H,99,100);;;;1H2/q-1;3*+1;/p-3/t60-,61-,62+,63+,66+,67+,68+,69+,70+,71+,76+,77+;;;;/m0..../s1. The van der Waals surface area contributed by atoms with Crippen molar-refractivity contribution < 1.29 is 207 Å². The second-order valence-electron chi connectivity index (χ2n) is 26.0. The number of carboxylic acid groups (broad SMARTS) is 2. The van der Waals surface area contributed by atoms with Crippen LogP contribution in [0.5, 0.6) is 5.75 Å². The summed E-state index contributed by atoms with van der Waals surface area (Å²) in [4.78, 5) is 127. The molecule has 2 heterocycles. The number of benzene rings is 5. The summed E-state index contributed by atoms with van der Waals surface area (Å²) in [5.74, 6) is -8.28. The Bertz CT molecular complexity index is 3800. The van der Waals surface area contributed by atoms with Gasteiger partial charge in [0.25, 0.3) is 17.7 Å². The third-order valence-electron chi connectivity index (χ3n) is 17.6. The predicted octanol–water partition coefficient (Wildman–Crippen LogP) is -6.28. The van der Waals surface area contributed by atoms with Crippen LogP contribution in [0, 0.1) is 0 Å². The van der Waals surface area contributed by atoms with Gasteiger partial charge in [0, 0.05) is 112 Å². The van der Waals surface area contributed by atoms with Crippen LogP contribution in [0.25, 0.3) is 22.3 Å². The van der Waals surface area contributed by atoms with E-state index in [1.54, 1.807) is 54.8 Å². The van der Waals surface area contributed by atoms with Gasteiger partial charge in [-0.1, -0.05) is 107 Å². The van der Waals surface area contributed by atoms with Crippen LogP contribution in [0.3, 0.4) is 0 Å². The molecule has 2 saturated heterocycles. The molecule has 5 aromatic carbocycles. The number of ketones is 2. The van der Waals surface area contributed by atoms with Gasteiger partial charge in [-0.15, -0.1) is 0 Å². The summed E-state index contributed by atoms with van der Waals surface area (Å²) in [5.41, 5.74) is 4.54. The van der Waals surface area contributed by atoms with Crippen LogP contribution < -0.4 is 130 Å². The number of aliphatic carboxylic acids is 2. The molecule has 12 N–H and O–H groups in total. The molecule has 36 heteroatoms. The van der Waals surface area contributed by atoms with Gasteiger partial charge in [-0.05, 0) is 121 Å². The zero-order chi connectivity index (χ0) is 78.9. The summed E-state index contributed by atoms with van der Waals surface area (Å²) in [6.45, 7) is 1.24. The number of thioether (sulfide) groups is 2. The first-order chi connectivity index (χ1) is 52.3. The van der Waals surface area contributed by atoms with Crippen LogP contribution in [-0.4, -0.2) is 242 Å². The smallest absolute Gasteiger partial charge is 0.870 e. The minimum atomic E-state index is -2.64. The van der Waals surface area contributed by atoms with E-state index in [-0.39, 0.29) is 186 Å². The molecule has 0 aliphatic carbocycles. The number of nitrogens with one attached hydrogen (secondary N) is 5. The molecule has 0 unspecified atom stereocenters. The summed E-state index contributed by atoms with van der Waals surface area (Å²) in [6, 6.07) is 34.1. The van der Waals surface area contributed by atoms with Gasteiger partial charge >= 0.3 is 88.7 Å². The van der Waals surface area contributed by atoms with Crippen molar-refractivity contribution in [3.05, 3.63) is 150 Å². The molecule has 0 bridgehead atoms. The van der Waals surface area contributed by atoms with E-state index in [9.17, 15) is 88.8 Å². The zero-order valence-electron chi connectivity index (χ0n) is 63.9. The first-order valence-electron chi connectivity index (χ1n) is 35.8. The van der Waals surface area contributed by atoms with Crippen molar-refractivity contribution in [1.82, 2.24) is 26.6 Å². The number of unbranched alkanes of at least 4 members (excludes halogenated alkanes) is 1. The fraction of sp³-hybridized carbons (Fsp3) is 0.481. The molecule has 7 rings (SSSR count). The summed E-state index contributed by atoms with van der Waals surface area (Å²) in [6.07, 6.45) is -11.1. The van der Waals surface area contributed by atoms with E-state index in [0.717, 1.165) is 29.2 Å². The SMILES string of the molecule is CC(=O)N[C@H]1[C@H]([C@H](O)[C@H](O)CNC(=O)c2ccc(-c3ccccc3)cc2)O[C@]([C-]=O)(OCCCSCCNC(=O)c2ccc(C(=O)CCCSCCCO[C@]3(C(=O)[O-])C[C@H](O)[C@@H](NC(C)=O)[C@H]([C@H](O)[C@H](O)CNC(=O)c4ccc(-c5ccccc5)cc4)O3)c(OCCCCC(=O)CCSSCCC(=O)[O-])c2)C[C@@H]1O.[Na+].[Na+].[Na+].[OH-]. The quantitative estimate of drug-likeness (QED) is 0.00567. The van der Waals surface area contributed by atoms with Crippen molar-refractivity contribution in [2.45, 2.75) is 157 Å². The third-order valence-corrected chi connectivity index (χ3v) is 22.2. The molecule has 29 nitrogen and oxygen atoms in total. The van der Waals surface area contributed by atoms with E-state index >= 15 is 0 Å². The van der Waals surface area contributed by atoms with Crippen molar-refractivity contribution in [3.8, 4) is 28.0 Å². The number of carbonyl (C=O) groups excluding carboxylic acids is 10. The number of Topliss-reactive ketones (excluding diaryl/α,β-unsaturated/α-hetero) is 2. The Kier molecular flexibility index (Phi) is 48.5. The van der Waals surface area contributed by atoms with Gasteiger partial charge in [-0.2, -0.15) is 23.5 Å². The van der Waals surface area contributed by atoms with E-state index in [2.05, 4.69) is 26.6 Å². The monoisotopic (exact) mass is 1670 g/mol. The van der Waals surface area contributed by atoms with Crippen LogP contribution in [-0.2, 0) is 47.7 Å². The van der Waals surface area contributed by atoms with Crippen LogP contribution >= 0.6 is 45.1 Å². The number of aliphatic hydroxyl groups excluding tert-OH is 6. The number of carbonyl (C=O) groups is 9. The van der Waals surface area contributed by atoms with Gasteiger partial charge in [0.05, 0.1) is 61.1 Å². The molecular formula is C77H95N5Na3O24S4-. The Morgan fingerprint density at radius 2 is 1.00 bits per heavy atom. The number of hydrogen-bond acceptors (Lipinski definition) is 28.